The molecule has 4 fully saturated rings. The van der Waals surface area contributed by atoms with E-state index < -0.39 is 46.7 Å². The second kappa shape index (κ2) is 21.4. The number of aromatic nitrogens is 2. The van der Waals surface area contributed by atoms with Crippen LogP contribution in [0.2, 0.25) is 0 Å². The molecule has 0 aliphatic carbocycles. The monoisotopic (exact) mass is 997 g/mol. The van der Waals surface area contributed by atoms with Crippen LogP contribution in [0.4, 0.5) is 0 Å². The van der Waals surface area contributed by atoms with Crippen LogP contribution in [-0.4, -0.2) is 150 Å². The molecule has 2 aromatic heterocycles. The van der Waals surface area contributed by atoms with Gasteiger partial charge in [-0.2, -0.15) is 0 Å². The zero-order chi connectivity index (χ0) is 51.8. The molecule has 7 heterocycles. The number of hydrogen-bond donors (Lipinski definition) is 2. The number of carbonyl (C=O) groups is 5. The summed E-state index contributed by atoms with van der Waals surface area (Å²) in [5, 5.41) is 5.66. The van der Waals surface area contributed by atoms with Gasteiger partial charge in [0.25, 0.3) is 11.8 Å². The molecule has 16 heteroatoms. The Morgan fingerprint density at radius 1 is 1.00 bits per heavy atom. The number of nitrogens with zero attached hydrogens (tertiary/aromatic N) is 6. The van der Waals surface area contributed by atoms with Gasteiger partial charge in [0.1, 0.15) is 18.1 Å². The van der Waals surface area contributed by atoms with Gasteiger partial charge in [-0.05, 0) is 111 Å². The van der Waals surface area contributed by atoms with Gasteiger partial charge < -0.3 is 33.9 Å². The molecule has 6 atom stereocenters. The lowest BCUT2D eigenvalue weighted by atomic mass is 9.84. The fourth-order valence-electron chi connectivity index (χ4n) is 11.6. The highest BCUT2D eigenvalue weighted by atomic mass is 16.5. The van der Waals surface area contributed by atoms with Crippen LogP contribution in [0, 0.1) is 28.6 Å². The number of hydrogen-bond acceptors (Lipinski definition) is 11. The van der Waals surface area contributed by atoms with Gasteiger partial charge in [0.15, 0.2) is 0 Å². The van der Waals surface area contributed by atoms with Crippen LogP contribution < -0.4 is 10.7 Å². The molecule has 2 N–H and O–H groups in total. The second-order valence-electron chi connectivity index (χ2n) is 21.9. The summed E-state index contributed by atoms with van der Waals surface area (Å²) < 4.78 is 19.9. The Balaban J connectivity index is 1.03. The number of morpholine rings is 1. The van der Waals surface area contributed by atoms with Crippen LogP contribution in [-0.2, 0) is 57.6 Å². The number of aryl methyl sites for hydroxylation is 1. The van der Waals surface area contributed by atoms with Crippen LogP contribution in [0.5, 0.6) is 0 Å². The van der Waals surface area contributed by atoms with E-state index in [2.05, 4.69) is 89.2 Å². The zero-order valence-corrected chi connectivity index (χ0v) is 43.8. The maximum Gasteiger partial charge on any atom is 0.324 e. The number of carbonyl (C=O) groups excluding carboxylic acids is 5. The molecule has 5 aliphatic heterocycles. The van der Waals surface area contributed by atoms with Gasteiger partial charge in [-0.15, -0.1) is 0 Å². The Hall–Kier alpha value is -6.12. The number of esters is 1. The second-order valence-corrected chi connectivity index (χ2v) is 21.9. The summed E-state index contributed by atoms with van der Waals surface area (Å²) in [7, 11) is 3.65. The van der Waals surface area contributed by atoms with Crippen LogP contribution in [0.15, 0.2) is 60.8 Å². The van der Waals surface area contributed by atoms with E-state index in [4.69, 9.17) is 19.2 Å². The van der Waals surface area contributed by atoms with E-state index in [0.29, 0.717) is 71.5 Å². The largest absolute Gasteiger partial charge is 0.464 e. The quantitative estimate of drug-likeness (QED) is 0.168. The molecule has 4 saturated heterocycles. The Labute approximate surface area is 429 Å². The van der Waals surface area contributed by atoms with Gasteiger partial charge in [0.2, 0.25) is 11.8 Å². The Bertz CT molecular complexity index is 2830. The lowest BCUT2D eigenvalue weighted by Gasteiger charge is -2.37. The minimum Gasteiger partial charge on any atom is -0.464 e. The zero-order valence-electron chi connectivity index (χ0n) is 43.8. The number of rotatable bonds is 8. The van der Waals surface area contributed by atoms with Crippen molar-refractivity contribution in [3.05, 3.63) is 77.6 Å². The molecular weight excluding hydrogens is 925 g/mol. The smallest absolute Gasteiger partial charge is 0.324 e. The number of benzene rings is 2. The Morgan fingerprint density at radius 2 is 1.79 bits per heavy atom. The summed E-state index contributed by atoms with van der Waals surface area (Å²) in [6.45, 7) is 16.1. The minimum atomic E-state index is -1.05. The number of ether oxygens (including phenoxy) is 3. The summed E-state index contributed by atoms with van der Waals surface area (Å²) >= 11 is 0. The summed E-state index contributed by atoms with van der Waals surface area (Å²) in [5.74, 6) is 3.81. The van der Waals surface area contributed by atoms with Gasteiger partial charge in [-0.25, -0.2) is 5.43 Å². The first kappa shape index (κ1) is 51.8. The molecule has 0 radical (unpaired) electrons. The number of cyclic esters (lactones) is 1. The molecule has 73 heavy (non-hydrogen) atoms. The summed E-state index contributed by atoms with van der Waals surface area (Å²) in [6.07, 6.45) is 4.26. The molecule has 388 valence electrons. The normalized spacial score (nSPS) is 24.6. The van der Waals surface area contributed by atoms with E-state index >= 15 is 0 Å². The van der Waals surface area contributed by atoms with Gasteiger partial charge >= 0.3 is 5.97 Å². The van der Waals surface area contributed by atoms with E-state index in [1.165, 1.54) is 5.01 Å². The van der Waals surface area contributed by atoms with Crippen molar-refractivity contribution in [2.75, 3.05) is 66.7 Å². The third-order valence-corrected chi connectivity index (χ3v) is 15.8. The molecule has 6 bridgehead atoms. The van der Waals surface area contributed by atoms with Crippen molar-refractivity contribution in [3.63, 3.8) is 0 Å². The van der Waals surface area contributed by atoms with Gasteiger partial charge in [-0.1, -0.05) is 63.9 Å². The first-order chi connectivity index (χ1) is 35.0. The van der Waals surface area contributed by atoms with Crippen molar-refractivity contribution in [2.45, 2.75) is 117 Å². The molecule has 2 aromatic carbocycles. The lowest BCUT2D eigenvalue weighted by molar-refractivity contribution is -0.155. The molecule has 0 saturated carbocycles. The van der Waals surface area contributed by atoms with E-state index in [0.717, 1.165) is 56.7 Å². The number of pyridine rings is 1. The number of methoxy groups -OCH3 is 1. The Kier molecular flexibility index (Phi) is 15.2. The fraction of sp³-hybridized carbons (Fsp3) is 0.544. The Morgan fingerprint density at radius 3 is 2.56 bits per heavy atom. The average molecular weight is 997 g/mol. The molecule has 9 rings (SSSR count). The van der Waals surface area contributed by atoms with Crippen molar-refractivity contribution in [2.24, 2.45) is 16.7 Å². The van der Waals surface area contributed by atoms with E-state index in [9.17, 15) is 24.0 Å². The highest BCUT2D eigenvalue weighted by molar-refractivity contribution is 5.98. The molecular formula is C57H72N8O8. The van der Waals surface area contributed by atoms with Gasteiger partial charge in [0.05, 0.1) is 48.8 Å². The first-order valence-corrected chi connectivity index (χ1v) is 26.2. The molecule has 4 amide bonds. The maximum atomic E-state index is 14.9. The topological polar surface area (TPSA) is 168 Å². The third-order valence-electron chi connectivity index (χ3n) is 15.8. The summed E-state index contributed by atoms with van der Waals surface area (Å²) in [4.78, 5) is 82.0. The number of likely N-dealkylation sites (tertiary alicyclic amines) is 2. The van der Waals surface area contributed by atoms with Crippen molar-refractivity contribution < 1.29 is 38.2 Å². The van der Waals surface area contributed by atoms with Crippen molar-refractivity contribution >= 4 is 40.5 Å². The molecule has 16 nitrogen and oxygen atoms in total. The SMILES string of the molecule is CCn1c(-c2cccnc2[C@H](C)OC)c2c3cc(ccc31)-c1cccc(c1)C[C@H](NC(=O)[C@H](C(C)C)N1CC[C@]3(CCN(C(=O)C#C[C@@H]4COCCN4C)C3)C1=O)C(=O)N1CCC[C@H](N1)C(=O)OCC(C)(C)C2. The predicted octanol–water partition coefficient (Wildman–Crippen LogP) is 5.56. The van der Waals surface area contributed by atoms with Crippen molar-refractivity contribution in [1.82, 2.24) is 40.0 Å². The molecule has 4 aromatic rings. The van der Waals surface area contributed by atoms with E-state index in [1.807, 2.05) is 46.0 Å². The third kappa shape index (κ3) is 10.5. The number of hydrazine groups is 1. The maximum absolute atomic E-state index is 14.9. The van der Waals surface area contributed by atoms with E-state index in [-0.39, 0.29) is 49.5 Å². The highest BCUT2D eigenvalue weighted by Gasteiger charge is 2.54. The number of fused-ring (bicyclic) bond motifs is 6. The van der Waals surface area contributed by atoms with E-state index in [1.54, 1.807) is 23.1 Å². The molecule has 0 unspecified atom stereocenters. The standard InChI is InChI=1S/C57H72N8O8/c1-9-63-47-19-17-40-31-43(47)44(51(63)42-15-11-23-58-49(42)37(4)71-8)32-56(5,6)35-73-54(69)45-16-12-24-65(60-45)53(68)46(30-38-13-10-14-39(40)29-38)59-52(67)50(36(2)3)64-26-22-57(55(64)70)21-25-62(34-57)48(66)20-18-41-33-72-28-27-61(41)7/h10-11,13-15,17,19,23,29,31,36-37,41,45-46,50,60H,9,12,16,21-22,24-28,30,32-35H2,1-8H3,(H,59,67)/t37-,41+,45-,46-,50-,57-/m0/s1. The summed E-state index contributed by atoms with van der Waals surface area (Å²) in [6, 6.07) is 15.8. The number of likely N-dealkylation sites (N-methyl/N-ethyl adjacent to an activating group) is 1. The van der Waals surface area contributed by atoms with Crippen LogP contribution >= 0.6 is 0 Å². The molecule has 1 spiro atoms. The van der Waals surface area contributed by atoms with Gasteiger partial charge in [0, 0.05) is 80.9 Å². The van der Waals surface area contributed by atoms with Crippen molar-refractivity contribution in [3.8, 4) is 34.2 Å². The van der Waals surface area contributed by atoms with Gasteiger partial charge in [-0.3, -0.25) is 38.9 Å². The predicted molar refractivity (Wildman–Crippen MR) is 277 cm³/mol. The molecule has 5 aliphatic rings. The number of nitrogens with one attached hydrogen (secondary N) is 2. The van der Waals surface area contributed by atoms with Crippen LogP contribution in [0.25, 0.3) is 33.3 Å². The lowest BCUT2D eigenvalue weighted by Crippen LogP contribution is -2.62. The fourth-order valence-corrected chi connectivity index (χ4v) is 11.6. The van der Waals surface area contributed by atoms with Crippen molar-refractivity contribution in [1.29, 1.82) is 0 Å². The highest BCUT2D eigenvalue weighted by Crippen LogP contribution is 2.44. The average Bonchev–Trinajstić information content (AvgIpc) is 4.06. The minimum absolute atomic E-state index is 0.134. The first-order valence-electron chi connectivity index (χ1n) is 26.2. The van der Waals surface area contributed by atoms with Crippen LogP contribution in [0.1, 0.15) is 90.2 Å². The van der Waals surface area contributed by atoms with Crippen LogP contribution in [0.3, 0.4) is 0 Å². The number of amides is 4. The summed E-state index contributed by atoms with van der Waals surface area (Å²) in [5.41, 5.74) is 9.68.